The fraction of sp³-hybridized carbons (Fsp3) is 0.333. The first-order chi connectivity index (χ1) is 17.3. The SMILES string of the molecule is CCOP(=O)(COc1ccc(CNC(=O)c2cc(Cc3sc(=O)[nH]c3O)ccc2OC)cc1)OCC. The average molecular weight is 537 g/mol. The Morgan fingerprint density at radius 1 is 1.08 bits per heavy atom. The van der Waals surface area contributed by atoms with E-state index in [0.717, 1.165) is 22.5 Å². The van der Waals surface area contributed by atoms with Crippen LogP contribution in [-0.2, 0) is 26.6 Å². The number of thiazole rings is 1. The molecule has 0 fully saturated rings. The predicted octanol–water partition coefficient (Wildman–Crippen LogP) is 4.27. The van der Waals surface area contributed by atoms with E-state index in [1.165, 1.54) is 7.11 Å². The summed E-state index contributed by atoms with van der Waals surface area (Å²) in [4.78, 5) is 26.8. The van der Waals surface area contributed by atoms with Crippen LogP contribution in [0.15, 0.2) is 47.3 Å². The molecule has 3 aromatic rings. The third-order valence-electron chi connectivity index (χ3n) is 4.99. The Morgan fingerprint density at radius 3 is 2.33 bits per heavy atom. The molecular weight excluding hydrogens is 507 g/mol. The number of hydrogen-bond donors (Lipinski definition) is 3. The smallest absolute Gasteiger partial charge is 0.367 e. The molecule has 3 rings (SSSR count). The molecule has 0 unspecified atom stereocenters. The van der Waals surface area contributed by atoms with E-state index in [1.54, 1.807) is 56.3 Å². The van der Waals surface area contributed by atoms with Gasteiger partial charge in [0.15, 0.2) is 6.35 Å². The van der Waals surface area contributed by atoms with Gasteiger partial charge >= 0.3 is 12.5 Å². The Kier molecular flexibility index (Phi) is 9.72. The van der Waals surface area contributed by atoms with Crippen molar-refractivity contribution in [3.63, 3.8) is 0 Å². The van der Waals surface area contributed by atoms with Crippen molar-refractivity contribution in [2.24, 2.45) is 0 Å². The summed E-state index contributed by atoms with van der Waals surface area (Å²) >= 11 is 0.919. The molecule has 36 heavy (non-hydrogen) atoms. The van der Waals surface area contributed by atoms with Gasteiger partial charge in [-0.1, -0.05) is 29.5 Å². The van der Waals surface area contributed by atoms with Gasteiger partial charge in [-0.2, -0.15) is 0 Å². The number of carbonyl (C=O) groups excluding carboxylic acids is 1. The Morgan fingerprint density at radius 2 is 1.75 bits per heavy atom. The molecule has 0 atom stereocenters. The molecule has 0 saturated carbocycles. The van der Waals surface area contributed by atoms with Gasteiger partial charge < -0.3 is 28.9 Å². The number of hydrogen-bond acceptors (Lipinski definition) is 9. The van der Waals surface area contributed by atoms with Crippen molar-refractivity contribution in [1.29, 1.82) is 0 Å². The highest BCUT2D eigenvalue weighted by molar-refractivity contribution is 7.53. The summed E-state index contributed by atoms with van der Waals surface area (Å²) in [6.45, 7) is 4.23. The summed E-state index contributed by atoms with van der Waals surface area (Å²) in [5.74, 6) is 0.390. The van der Waals surface area contributed by atoms with Crippen LogP contribution in [0.1, 0.15) is 40.2 Å². The van der Waals surface area contributed by atoms with E-state index in [1.807, 2.05) is 0 Å². The van der Waals surface area contributed by atoms with E-state index in [2.05, 4.69) is 10.3 Å². The van der Waals surface area contributed by atoms with Crippen LogP contribution in [0.2, 0.25) is 0 Å². The zero-order chi connectivity index (χ0) is 26.1. The molecule has 0 bridgehead atoms. The summed E-state index contributed by atoms with van der Waals surface area (Å²) in [5.41, 5.74) is 1.90. The van der Waals surface area contributed by atoms with Crippen molar-refractivity contribution < 1.29 is 33.0 Å². The average Bonchev–Trinajstić information content (AvgIpc) is 3.18. The summed E-state index contributed by atoms with van der Waals surface area (Å²) in [6.07, 6.45) is 0.0960. The van der Waals surface area contributed by atoms with E-state index in [4.69, 9.17) is 18.5 Å². The number of aromatic hydroxyl groups is 1. The van der Waals surface area contributed by atoms with Crippen molar-refractivity contribution in [1.82, 2.24) is 10.3 Å². The van der Waals surface area contributed by atoms with Crippen LogP contribution in [0.4, 0.5) is 0 Å². The summed E-state index contributed by atoms with van der Waals surface area (Å²) in [6, 6.07) is 12.1. The van der Waals surface area contributed by atoms with Crippen LogP contribution in [0, 0.1) is 0 Å². The summed E-state index contributed by atoms with van der Waals surface area (Å²) < 4.78 is 33.8. The monoisotopic (exact) mass is 536 g/mol. The Balaban J connectivity index is 1.62. The van der Waals surface area contributed by atoms with Crippen LogP contribution in [0.5, 0.6) is 17.4 Å². The molecular formula is C24H29N2O8PS. The molecule has 3 N–H and O–H groups in total. The van der Waals surface area contributed by atoms with Gasteiger partial charge in [-0.05, 0) is 49.2 Å². The second-order valence-corrected chi connectivity index (χ2v) is 10.6. The van der Waals surface area contributed by atoms with E-state index in [9.17, 15) is 19.3 Å². The van der Waals surface area contributed by atoms with E-state index >= 15 is 0 Å². The maximum Gasteiger partial charge on any atom is 0.367 e. The van der Waals surface area contributed by atoms with E-state index in [0.29, 0.717) is 28.4 Å². The third-order valence-corrected chi connectivity index (χ3v) is 7.61. The first kappa shape index (κ1) is 27.5. The van der Waals surface area contributed by atoms with Crippen molar-refractivity contribution in [2.75, 3.05) is 26.7 Å². The maximum atomic E-state index is 12.9. The minimum atomic E-state index is -3.31. The maximum absolute atomic E-state index is 12.9. The van der Waals surface area contributed by atoms with Crippen LogP contribution in [0.3, 0.4) is 0 Å². The number of aromatic nitrogens is 1. The fourth-order valence-electron chi connectivity index (χ4n) is 3.34. The molecule has 10 nitrogen and oxygen atoms in total. The van der Waals surface area contributed by atoms with Gasteiger partial charge in [0, 0.05) is 13.0 Å². The molecule has 0 aliphatic rings. The number of rotatable bonds is 13. The van der Waals surface area contributed by atoms with Crippen LogP contribution in [0.25, 0.3) is 0 Å². The predicted molar refractivity (Wildman–Crippen MR) is 136 cm³/mol. The quantitative estimate of drug-likeness (QED) is 0.276. The normalized spacial score (nSPS) is 11.3. The van der Waals surface area contributed by atoms with Gasteiger partial charge in [-0.25, -0.2) is 0 Å². The Hall–Kier alpha value is -3.11. The fourth-order valence-corrected chi connectivity index (χ4v) is 5.42. The van der Waals surface area contributed by atoms with Gasteiger partial charge in [0.25, 0.3) is 5.91 Å². The second kappa shape index (κ2) is 12.7. The highest BCUT2D eigenvalue weighted by Crippen LogP contribution is 2.47. The molecule has 1 heterocycles. The molecule has 12 heteroatoms. The number of amides is 1. The van der Waals surface area contributed by atoms with Crippen molar-refractivity contribution in [3.05, 3.63) is 73.7 Å². The number of H-pyrrole nitrogens is 1. The lowest BCUT2D eigenvalue weighted by atomic mass is 10.1. The molecule has 0 aliphatic heterocycles. The lowest BCUT2D eigenvalue weighted by molar-refractivity contribution is 0.0947. The third kappa shape index (κ3) is 7.44. The Labute approximate surface area is 212 Å². The number of aromatic amines is 1. The number of carbonyl (C=O) groups is 1. The highest BCUT2D eigenvalue weighted by atomic mass is 32.1. The van der Waals surface area contributed by atoms with Crippen molar-refractivity contribution in [3.8, 4) is 17.4 Å². The van der Waals surface area contributed by atoms with Gasteiger partial charge in [0.1, 0.15) is 11.5 Å². The van der Waals surface area contributed by atoms with Gasteiger partial charge in [-0.15, -0.1) is 0 Å². The molecule has 1 amide bonds. The van der Waals surface area contributed by atoms with E-state index in [-0.39, 0.29) is 42.8 Å². The lowest BCUT2D eigenvalue weighted by Gasteiger charge is -2.17. The zero-order valence-corrected chi connectivity index (χ0v) is 21.9. The Bertz CT molecular complexity index is 1260. The van der Waals surface area contributed by atoms with Crippen LogP contribution >= 0.6 is 18.9 Å². The van der Waals surface area contributed by atoms with Gasteiger partial charge in [0.2, 0.25) is 5.88 Å². The van der Waals surface area contributed by atoms with E-state index < -0.39 is 7.60 Å². The molecule has 1 aromatic heterocycles. The topological polar surface area (TPSA) is 136 Å². The van der Waals surface area contributed by atoms with Gasteiger partial charge in [0.05, 0.1) is 30.8 Å². The minimum Gasteiger partial charge on any atom is -0.496 e. The number of nitrogens with one attached hydrogen (secondary N) is 2. The summed E-state index contributed by atoms with van der Waals surface area (Å²) in [7, 11) is -1.84. The first-order valence-corrected chi connectivity index (χ1v) is 13.8. The lowest BCUT2D eigenvalue weighted by Crippen LogP contribution is -2.23. The molecule has 0 radical (unpaired) electrons. The van der Waals surface area contributed by atoms with Crippen LogP contribution in [-0.4, -0.2) is 42.7 Å². The number of benzene rings is 2. The zero-order valence-electron chi connectivity index (χ0n) is 20.2. The molecule has 2 aromatic carbocycles. The van der Waals surface area contributed by atoms with Crippen molar-refractivity contribution in [2.45, 2.75) is 26.8 Å². The largest absolute Gasteiger partial charge is 0.496 e. The number of ether oxygens (including phenoxy) is 2. The standard InChI is InChI=1S/C24H29N2O8PS/c1-4-33-35(30,34-5-2)15-32-18-9-6-16(7-10-18)14-25-22(27)19-12-17(8-11-20(19)31-3)13-21-23(28)26-24(29)36-21/h6-12,28H,4-5,13-15H2,1-3H3,(H,25,27)(H,26,29). The molecule has 0 aliphatic carbocycles. The van der Waals surface area contributed by atoms with Crippen LogP contribution < -0.4 is 19.7 Å². The minimum absolute atomic E-state index is 0.169. The molecule has 194 valence electrons. The molecule has 0 spiro atoms. The van der Waals surface area contributed by atoms with Gasteiger partial charge in [-0.3, -0.25) is 19.1 Å². The summed E-state index contributed by atoms with van der Waals surface area (Å²) in [5, 5.41) is 12.7. The van der Waals surface area contributed by atoms with Crippen molar-refractivity contribution >= 4 is 24.8 Å². The second-order valence-electron chi connectivity index (χ2n) is 7.54. The molecule has 0 saturated heterocycles. The number of methoxy groups -OCH3 is 1. The highest BCUT2D eigenvalue weighted by Gasteiger charge is 2.24. The first-order valence-electron chi connectivity index (χ1n) is 11.2.